The number of fused-ring (bicyclic) bond motifs is 1. The third-order valence-corrected chi connectivity index (χ3v) is 5.02. The Morgan fingerprint density at radius 1 is 1.27 bits per heavy atom. The Balaban J connectivity index is 0.00000176. The van der Waals surface area contributed by atoms with Gasteiger partial charge in [0.05, 0.1) is 0 Å². The zero-order valence-corrected chi connectivity index (χ0v) is 14.1. The topological polar surface area (TPSA) is 29.5 Å². The van der Waals surface area contributed by atoms with Crippen LogP contribution in [-0.4, -0.2) is 30.0 Å². The SMILES string of the molecule is CCC(=O)O[C@]1(c2ccccc2)CCN2CCCC[C@@H]2C1.Cl. The van der Waals surface area contributed by atoms with E-state index in [2.05, 4.69) is 17.0 Å². The van der Waals surface area contributed by atoms with Crippen LogP contribution >= 0.6 is 12.4 Å². The lowest BCUT2D eigenvalue weighted by Gasteiger charge is -2.48. The highest BCUT2D eigenvalue weighted by Gasteiger charge is 2.44. The molecular weight excluding hydrogens is 298 g/mol. The summed E-state index contributed by atoms with van der Waals surface area (Å²) in [6.07, 6.45) is 6.15. The Labute approximate surface area is 139 Å². The van der Waals surface area contributed by atoms with Crippen molar-refractivity contribution >= 4 is 18.4 Å². The Hall–Kier alpha value is -1.06. The van der Waals surface area contributed by atoms with E-state index in [1.807, 2.05) is 25.1 Å². The van der Waals surface area contributed by atoms with E-state index in [4.69, 9.17) is 4.74 Å². The smallest absolute Gasteiger partial charge is 0.306 e. The fraction of sp³-hybridized carbons (Fsp3) is 0.611. The number of nitrogens with zero attached hydrogens (tertiary/aromatic N) is 1. The summed E-state index contributed by atoms with van der Waals surface area (Å²) in [4.78, 5) is 14.6. The second-order valence-electron chi connectivity index (χ2n) is 6.33. The molecule has 0 amide bonds. The molecule has 2 aliphatic heterocycles. The summed E-state index contributed by atoms with van der Waals surface area (Å²) >= 11 is 0. The molecule has 3 rings (SSSR count). The molecule has 1 aromatic rings. The van der Waals surface area contributed by atoms with E-state index in [9.17, 15) is 4.79 Å². The summed E-state index contributed by atoms with van der Waals surface area (Å²) < 4.78 is 6.00. The number of rotatable bonds is 3. The van der Waals surface area contributed by atoms with Gasteiger partial charge in [0, 0.05) is 31.8 Å². The largest absolute Gasteiger partial charge is 0.454 e. The first-order valence-corrected chi connectivity index (χ1v) is 8.25. The molecule has 0 saturated carbocycles. The average molecular weight is 324 g/mol. The number of ether oxygens (including phenoxy) is 1. The van der Waals surface area contributed by atoms with E-state index in [0.29, 0.717) is 12.5 Å². The normalized spacial score (nSPS) is 28.3. The summed E-state index contributed by atoms with van der Waals surface area (Å²) in [6, 6.07) is 10.9. The van der Waals surface area contributed by atoms with E-state index < -0.39 is 5.60 Å². The van der Waals surface area contributed by atoms with Crippen LogP contribution in [0, 0.1) is 0 Å². The highest BCUT2D eigenvalue weighted by atomic mass is 35.5. The molecule has 2 heterocycles. The number of hydrogen-bond donors (Lipinski definition) is 0. The molecule has 0 unspecified atom stereocenters. The molecule has 0 aliphatic carbocycles. The van der Waals surface area contributed by atoms with Crippen molar-refractivity contribution < 1.29 is 9.53 Å². The van der Waals surface area contributed by atoms with Crippen LogP contribution in [0.25, 0.3) is 0 Å². The number of benzene rings is 1. The molecule has 1 aromatic carbocycles. The zero-order chi connectivity index (χ0) is 14.7. The van der Waals surface area contributed by atoms with Gasteiger partial charge in [-0.2, -0.15) is 0 Å². The summed E-state index contributed by atoms with van der Waals surface area (Å²) in [5.74, 6) is -0.0805. The molecule has 3 nitrogen and oxygen atoms in total. The molecule has 2 atom stereocenters. The minimum Gasteiger partial charge on any atom is -0.454 e. The highest BCUT2D eigenvalue weighted by Crippen LogP contribution is 2.42. The van der Waals surface area contributed by atoms with Crippen molar-refractivity contribution in [3.05, 3.63) is 35.9 Å². The van der Waals surface area contributed by atoms with Crippen LogP contribution in [-0.2, 0) is 15.1 Å². The molecule has 0 aromatic heterocycles. The van der Waals surface area contributed by atoms with Crippen LogP contribution < -0.4 is 0 Å². The summed E-state index contributed by atoms with van der Waals surface area (Å²) in [6.45, 7) is 4.12. The summed E-state index contributed by atoms with van der Waals surface area (Å²) in [7, 11) is 0. The monoisotopic (exact) mass is 323 g/mol. The fourth-order valence-corrected chi connectivity index (χ4v) is 3.84. The zero-order valence-electron chi connectivity index (χ0n) is 13.3. The van der Waals surface area contributed by atoms with Gasteiger partial charge in [0.25, 0.3) is 0 Å². The van der Waals surface area contributed by atoms with Gasteiger partial charge in [-0.25, -0.2) is 0 Å². The first-order chi connectivity index (χ1) is 10.2. The lowest BCUT2D eigenvalue weighted by atomic mass is 9.78. The van der Waals surface area contributed by atoms with Gasteiger partial charge in [-0.05, 0) is 24.9 Å². The van der Waals surface area contributed by atoms with E-state index in [1.54, 1.807) is 0 Å². The van der Waals surface area contributed by atoms with Crippen LogP contribution in [0.3, 0.4) is 0 Å². The predicted molar refractivity (Wildman–Crippen MR) is 90.2 cm³/mol. The van der Waals surface area contributed by atoms with Crippen molar-refractivity contribution in [2.24, 2.45) is 0 Å². The maximum atomic E-state index is 12.0. The standard InChI is InChI=1S/C18H25NO2.ClH/c1-2-17(20)21-18(15-8-4-3-5-9-15)11-13-19-12-7-6-10-16(19)14-18;/h3-5,8-9,16H,2,6-7,10-14H2,1H3;1H/t16-,18-;/m1./s1. The van der Waals surface area contributed by atoms with Gasteiger partial charge in [0.2, 0.25) is 0 Å². The predicted octanol–water partition coefficient (Wildman–Crippen LogP) is 3.91. The van der Waals surface area contributed by atoms with Gasteiger partial charge in [-0.3, -0.25) is 4.79 Å². The molecule has 0 radical (unpaired) electrons. The summed E-state index contributed by atoms with van der Waals surface area (Å²) in [5.41, 5.74) is 0.754. The van der Waals surface area contributed by atoms with E-state index in [-0.39, 0.29) is 18.4 Å². The van der Waals surface area contributed by atoms with Crippen molar-refractivity contribution in [2.75, 3.05) is 13.1 Å². The number of piperidine rings is 2. The van der Waals surface area contributed by atoms with E-state index in [0.717, 1.165) is 24.9 Å². The minimum absolute atomic E-state index is 0. The van der Waals surface area contributed by atoms with E-state index in [1.165, 1.54) is 25.8 Å². The molecule has 2 aliphatic rings. The second kappa shape index (κ2) is 7.47. The van der Waals surface area contributed by atoms with Crippen LogP contribution in [0.2, 0.25) is 0 Å². The average Bonchev–Trinajstić information content (AvgIpc) is 2.55. The lowest BCUT2D eigenvalue weighted by molar-refractivity contribution is -0.170. The van der Waals surface area contributed by atoms with Crippen molar-refractivity contribution in [2.45, 2.75) is 57.1 Å². The number of esters is 1. The quantitative estimate of drug-likeness (QED) is 0.790. The van der Waals surface area contributed by atoms with Crippen molar-refractivity contribution in [3.63, 3.8) is 0 Å². The minimum atomic E-state index is -0.410. The van der Waals surface area contributed by atoms with Gasteiger partial charge in [-0.1, -0.05) is 43.7 Å². The Morgan fingerprint density at radius 2 is 2.05 bits per heavy atom. The summed E-state index contributed by atoms with van der Waals surface area (Å²) in [5, 5.41) is 0. The van der Waals surface area contributed by atoms with Gasteiger partial charge in [0.15, 0.2) is 0 Å². The first-order valence-electron chi connectivity index (χ1n) is 8.25. The number of hydrogen-bond acceptors (Lipinski definition) is 3. The number of carbonyl (C=O) groups excluding carboxylic acids is 1. The molecule has 2 fully saturated rings. The Morgan fingerprint density at radius 3 is 2.77 bits per heavy atom. The van der Waals surface area contributed by atoms with Crippen molar-refractivity contribution in [3.8, 4) is 0 Å². The van der Waals surface area contributed by atoms with Crippen molar-refractivity contribution in [1.82, 2.24) is 4.90 Å². The third kappa shape index (κ3) is 3.47. The highest BCUT2D eigenvalue weighted by molar-refractivity contribution is 5.85. The van der Waals surface area contributed by atoms with Gasteiger partial charge in [-0.15, -0.1) is 12.4 Å². The maximum absolute atomic E-state index is 12.0. The molecule has 122 valence electrons. The van der Waals surface area contributed by atoms with Crippen LogP contribution in [0.5, 0.6) is 0 Å². The number of carbonyl (C=O) groups is 1. The lowest BCUT2D eigenvalue weighted by Crippen LogP contribution is -2.52. The maximum Gasteiger partial charge on any atom is 0.306 e. The van der Waals surface area contributed by atoms with Crippen LogP contribution in [0.4, 0.5) is 0 Å². The molecule has 0 spiro atoms. The third-order valence-electron chi connectivity index (χ3n) is 5.02. The fourth-order valence-electron chi connectivity index (χ4n) is 3.84. The van der Waals surface area contributed by atoms with Gasteiger partial charge in [0.1, 0.15) is 5.60 Å². The molecule has 2 saturated heterocycles. The molecule has 22 heavy (non-hydrogen) atoms. The molecule has 0 bridgehead atoms. The Kier molecular flexibility index (Phi) is 5.87. The molecular formula is C18H26ClNO2. The van der Waals surface area contributed by atoms with Gasteiger partial charge >= 0.3 is 5.97 Å². The van der Waals surface area contributed by atoms with Crippen LogP contribution in [0.15, 0.2) is 30.3 Å². The van der Waals surface area contributed by atoms with Gasteiger partial charge < -0.3 is 9.64 Å². The molecule has 0 N–H and O–H groups in total. The van der Waals surface area contributed by atoms with Crippen LogP contribution in [0.1, 0.15) is 51.0 Å². The number of halogens is 1. The van der Waals surface area contributed by atoms with Crippen molar-refractivity contribution in [1.29, 1.82) is 0 Å². The first kappa shape index (κ1) is 17.3. The van der Waals surface area contributed by atoms with E-state index >= 15 is 0 Å². The Bertz CT molecular complexity index is 493. The second-order valence-corrected chi connectivity index (χ2v) is 6.33. The molecule has 4 heteroatoms.